The molecule has 8 heteroatoms. The fourth-order valence-electron chi connectivity index (χ4n) is 5.74. The normalized spacial score (nSPS) is 23.3. The quantitative estimate of drug-likeness (QED) is 0.557. The summed E-state index contributed by atoms with van der Waals surface area (Å²) in [6.07, 6.45) is 12.0. The van der Waals surface area contributed by atoms with Crippen molar-refractivity contribution in [2.24, 2.45) is 5.92 Å². The zero-order valence-electron chi connectivity index (χ0n) is 20.5. The summed E-state index contributed by atoms with van der Waals surface area (Å²) >= 11 is 0. The minimum Gasteiger partial charge on any atom is -0.488 e. The lowest BCUT2D eigenvalue weighted by atomic mass is 9.83. The van der Waals surface area contributed by atoms with Crippen LogP contribution in [0.5, 0.6) is 5.75 Å². The molecule has 0 amide bonds. The molecule has 2 aromatic heterocycles. The monoisotopic (exact) mass is 474 g/mol. The van der Waals surface area contributed by atoms with E-state index in [-0.39, 0.29) is 6.10 Å². The first-order valence-corrected chi connectivity index (χ1v) is 13.0. The van der Waals surface area contributed by atoms with E-state index in [9.17, 15) is 0 Å². The van der Waals surface area contributed by atoms with Crippen LogP contribution in [-0.2, 0) is 24.1 Å². The van der Waals surface area contributed by atoms with Crippen molar-refractivity contribution < 1.29 is 9.47 Å². The number of fused-ring (bicyclic) bond motifs is 2. The highest BCUT2D eigenvalue weighted by Gasteiger charge is 2.27. The second-order valence-electron chi connectivity index (χ2n) is 10.2. The van der Waals surface area contributed by atoms with E-state index in [1.54, 1.807) is 18.7 Å². The predicted octanol–water partition coefficient (Wildman–Crippen LogP) is 3.42. The number of rotatable bonds is 5. The van der Waals surface area contributed by atoms with Gasteiger partial charge in [0.15, 0.2) is 0 Å². The summed E-state index contributed by atoms with van der Waals surface area (Å²) in [5.41, 5.74) is 6.75. The summed E-state index contributed by atoms with van der Waals surface area (Å²) in [6.45, 7) is 5.34. The van der Waals surface area contributed by atoms with Crippen molar-refractivity contribution in [3.8, 4) is 5.75 Å². The lowest BCUT2D eigenvalue weighted by Gasteiger charge is -2.32. The Kier molecular flexibility index (Phi) is 6.48. The maximum absolute atomic E-state index is 6.61. The smallest absolute Gasteiger partial charge is 0.149 e. The van der Waals surface area contributed by atoms with E-state index in [0.717, 1.165) is 100 Å². The molecule has 1 aliphatic carbocycles. The molecule has 1 saturated heterocycles. The van der Waals surface area contributed by atoms with Crippen molar-refractivity contribution in [2.45, 2.75) is 51.2 Å². The van der Waals surface area contributed by atoms with Gasteiger partial charge in [0.05, 0.1) is 24.8 Å². The van der Waals surface area contributed by atoms with Gasteiger partial charge in [0.2, 0.25) is 0 Å². The first kappa shape index (κ1) is 22.6. The van der Waals surface area contributed by atoms with Crippen LogP contribution in [-0.4, -0.2) is 70.8 Å². The van der Waals surface area contributed by atoms with E-state index in [0.29, 0.717) is 5.92 Å². The van der Waals surface area contributed by atoms with Gasteiger partial charge in [-0.15, -0.1) is 0 Å². The van der Waals surface area contributed by atoms with Crippen molar-refractivity contribution in [3.05, 3.63) is 47.8 Å². The molecule has 0 atom stereocenters. The number of aromatic nitrogens is 4. The largest absolute Gasteiger partial charge is 0.488 e. The molecule has 2 aliphatic heterocycles. The predicted molar refractivity (Wildman–Crippen MR) is 135 cm³/mol. The highest BCUT2D eigenvalue weighted by Crippen LogP contribution is 2.35. The molecular weight excluding hydrogens is 440 g/mol. The summed E-state index contributed by atoms with van der Waals surface area (Å²) in [5.74, 6) is 1.51. The maximum Gasteiger partial charge on any atom is 0.149 e. The number of anilines is 1. The first-order valence-electron chi connectivity index (χ1n) is 13.0. The molecule has 0 radical (unpaired) electrons. The Morgan fingerprint density at radius 1 is 0.971 bits per heavy atom. The molecule has 2 fully saturated rings. The number of benzene rings is 1. The summed E-state index contributed by atoms with van der Waals surface area (Å²) in [5, 5.41) is 0. The highest BCUT2D eigenvalue weighted by atomic mass is 16.5. The topological polar surface area (TPSA) is 76.5 Å². The van der Waals surface area contributed by atoms with Gasteiger partial charge in [-0.25, -0.2) is 15.0 Å². The highest BCUT2D eigenvalue weighted by molar-refractivity contribution is 5.85. The lowest BCUT2D eigenvalue weighted by Crippen LogP contribution is -2.36. The third-order valence-corrected chi connectivity index (χ3v) is 7.75. The van der Waals surface area contributed by atoms with E-state index in [2.05, 4.69) is 43.9 Å². The molecule has 8 nitrogen and oxygen atoms in total. The summed E-state index contributed by atoms with van der Waals surface area (Å²) < 4.78 is 12.1. The van der Waals surface area contributed by atoms with Gasteiger partial charge in [-0.2, -0.15) is 0 Å². The number of ether oxygens (including phenoxy) is 2. The molecule has 6 rings (SSSR count). The van der Waals surface area contributed by atoms with Gasteiger partial charge in [-0.3, -0.25) is 4.98 Å². The number of likely N-dealkylation sites (N-methyl/N-ethyl adjacent to an activating group) is 1. The van der Waals surface area contributed by atoms with E-state index in [1.807, 2.05) is 0 Å². The number of hydrogen-bond donors (Lipinski definition) is 0. The van der Waals surface area contributed by atoms with E-state index in [1.165, 1.54) is 17.0 Å². The van der Waals surface area contributed by atoms with E-state index in [4.69, 9.17) is 14.5 Å². The number of nitrogens with zero attached hydrogens (tertiary/aromatic N) is 6. The second kappa shape index (κ2) is 10.0. The van der Waals surface area contributed by atoms with Crippen LogP contribution in [0.25, 0.3) is 11.0 Å². The molecule has 1 saturated carbocycles. The number of morpholine rings is 1. The van der Waals surface area contributed by atoms with Crippen LogP contribution in [0.2, 0.25) is 0 Å². The molecule has 0 bridgehead atoms. The van der Waals surface area contributed by atoms with Crippen LogP contribution in [0, 0.1) is 5.92 Å². The molecule has 184 valence electrons. The molecule has 3 aromatic rings. The van der Waals surface area contributed by atoms with Gasteiger partial charge in [0, 0.05) is 73.7 Å². The van der Waals surface area contributed by atoms with Gasteiger partial charge >= 0.3 is 0 Å². The Balaban J connectivity index is 1.14. The first-order chi connectivity index (χ1) is 17.2. The average Bonchev–Trinajstić information content (AvgIpc) is 2.90. The summed E-state index contributed by atoms with van der Waals surface area (Å²) in [6, 6.07) is 4.27. The Morgan fingerprint density at radius 2 is 1.80 bits per heavy atom. The Hall–Kier alpha value is -2.84. The van der Waals surface area contributed by atoms with Crippen molar-refractivity contribution in [2.75, 3.05) is 44.8 Å². The molecular formula is C27H34N6O2. The van der Waals surface area contributed by atoms with Gasteiger partial charge < -0.3 is 19.3 Å². The molecule has 0 unspecified atom stereocenters. The zero-order valence-corrected chi connectivity index (χ0v) is 20.5. The second-order valence-corrected chi connectivity index (χ2v) is 10.2. The fourth-order valence-corrected chi connectivity index (χ4v) is 5.74. The lowest BCUT2D eigenvalue weighted by molar-refractivity contribution is 0.122. The molecule has 0 N–H and O–H groups in total. The summed E-state index contributed by atoms with van der Waals surface area (Å²) in [7, 11) is 2.18. The minimum atomic E-state index is 0.210. The van der Waals surface area contributed by atoms with Crippen LogP contribution < -0.4 is 9.64 Å². The molecule has 35 heavy (non-hydrogen) atoms. The Morgan fingerprint density at radius 3 is 2.66 bits per heavy atom. The van der Waals surface area contributed by atoms with Gasteiger partial charge in [0.1, 0.15) is 17.6 Å². The summed E-state index contributed by atoms with van der Waals surface area (Å²) in [4.78, 5) is 23.1. The number of hydrogen-bond acceptors (Lipinski definition) is 8. The third-order valence-electron chi connectivity index (χ3n) is 7.75. The van der Waals surface area contributed by atoms with Gasteiger partial charge in [-0.1, -0.05) is 0 Å². The van der Waals surface area contributed by atoms with Crippen LogP contribution in [0.1, 0.15) is 42.6 Å². The zero-order chi connectivity index (χ0) is 23.6. The van der Waals surface area contributed by atoms with Crippen molar-refractivity contribution in [1.82, 2.24) is 24.8 Å². The Bertz CT molecular complexity index is 1170. The minimum absolute atomic E-state index is 0.210. The van der Waals surface area contributed by atoms with Crippen molar-refractivity contribution in [1.29, 1.82) is 0 Å². The van der Waals surface area contributed by atoms with Crippen LogP contribution >= 0.6 is 0 Å². The van der Waals surface area contributed by atoms with Crippen molar-refractivity contribution in [3.63, 3.8) is 0 Å². The standard InChI is InChI=1S/C27H34N6O2/c1-32-9-6-23-22(17-32)24(31-18-30-23)14-19-2-4-21(5-3-19)35-26-16-20(33-10-12-34-13-11-33)15-25-27(26)29-8-7-28-25/h7-8,15-16,18-19,21H,2-6,9-14,17H2,1H3. The van der Waals surface area contributed by atoms with Gasteiger partial charge in [-0.05, 0) is 51.1 Å². The molecule has 4 heterocycles. The van der Waals surface area contributed by atoms with Crippen LogP contribution in [0.3, 0.4) is 0 Å². The third kappa shape index (κ3) is 4.95. The van der Waals surface area contributed by atoms with Crippen molar-refractivity contribution >= 4 is 16.7 Å². The fraction of sp³-hybridized carbons (Fsp3) is 0.556. The SMILES string of the molecule is CN1CCc2ncnc(CC3CCC(Oc4cc(N5CCOCC5)cc5nccnc45)CC3)c2C1. The molecule has 3 aliphatic rings. The van der Waals surface area contributed by atoms with Crippen LogP contribution in [0.15, 0.2) is 30.9 Å². The average molecular weight is 475 g/mol. The van der Waals surface area contributed by atoms with E-state index < -0.39 is 0 Å². The van der Waals surface area contributed by atoms with E-state index >= 15 is 0 Å². The molecule has 0 spiro atoms. The molecule has 1 aromatic carbocycles. The Labute approximate surface area is 206 Å². The van der Waals surface area contributed by atoms with Gasteiger partial charge in [0.25, 0.3) is 0 Å². The maximum atomic E-state index is 6.61. The van der Waals surface area contributed by atoms with Crippen LogP contribution in [0.4, 0.5) is 5.69 Å².